The Morgan fingerprint density at radius 2 is 2.06 bits per heavy atom. The van der Waals surface area contributed by atoms with Crippen molar-refractivity contribution in [3.63, 3.8) is 0 Å². The van der Waals surface area contributed by atoms with Gasteiger partial charge in [-0.1, -0.05) is 6.07 Å². The summed E-state index contributed by atoms with van der Waals surface area (Å²) in [5.41, 5.74) is 0.364. The van der Waals surface area contributed by atoms with Crippen LogP contribution in [0, 0.1) is 12.7 Å². The SMILES string of the molecule is CNC(=O)CN(C)S(=O)(=O)c1ccc(C)c(F)c1. The molecule has 0 aromatic heterocycles. The summed E-state index contributed by atoms with van der Waals surface area (Å²) in [4.78, 5) is 11.0. The lowest BCUT2D eigenvalue weighted by molar-refractivity contribution is -0.120. The number of nitrogens with zero attached hydrogens (tertiary/aromatic N) is 1. The Balaban J connectivity index is 3.05. The largest absolute Gasteiger partial charge is 0.358 e. The second kappa shape index (κ2) is 5.45. The number of benzene rings is 1. The number of carbonyl (C=O) groups is 1. The van der Waals surface area contributed by atoms with Crippen molar-refractivity contribution in [1.29, 1.82) is 0 Å². The molecule has 1 rings (SSSR count). The van der Waals surface area contributed by atoms with E-state index < -0.39 is 21.7 Å². The van der Waals surface area contributed by atoms with Gasteiger partial charge in [-0.05, 0) is 24.6 Å². The number of sulfonamides is 1. The molecule has 0 bridgehead atoms. The summed E-state index contributed by atoms with van der Waals surface area (Å²) in [5, 5.41) is 2.32. The van der Waals surface area contributed by atoms with Crippen LogP contribution in [0.15, 0.2) is 23.1 Å². The molecule has 1 amide bonds. The molecule has 0 fully saturated rings. The summed E-state index contributed by atoms with van der Waals surface area (Å²) < 4.78 is 38.3. The van der Waals surface area contributed by atoms with Gasteiger partial charge in [0.1, 0.15) is 5.82 Å². The zero-order chi connectivity index (χ0) is 13.9. The number of amides is 1. The van der Waals surface area contributed by atoms with E-state index in [1.54, 1.807) is 6.92 Å². The van der Waals surface area contributed by atoms with Gasteiger partial charge in [0.25, 0.3) is 0 Å². The fourth-order valence-corrected chi connectivity index (χ4v) is 2.42. The van der Waals surface area contributed by atoms with Crippen molar-refractivity contribution < 1.29 is 17.6 Å². The van der Waals surface area contributed by atoms with E-state index >= 15 is 0 Å². The Morgan fingerprint density at radius 1 is 1.44 bits per heavy atom. The number of hydrogen-bond donors (Lipinski definition) is 1. The van der Waals surface area contributed by atoms with Crippen LogP contribution in [-0.2, 0) is 14.8 Å². The van der Waals surface area contributed by atoms with Gasteiger partial charge in [0.2, 0.25) is 15.9 Å². The van der Waals surface area contributed by atoms with Crippen LogP contribution >= 0.6 is 0 Å². The monoisotopic (exact) mass is 274 g/mol. The van der Waals surface area contributed by atoms with Gasteiger partial charge in [-0.3, -0.25) is 4.79 Å². The van der Waals surface area contributed by atoms with Gasteiger partial charge >= 0.3 is 0 Å². The first-order chi connectivity index (χ1) is 8.28. The molecule has 0 aliphatic heterocycles. The highest BCUT2D eigenvalue weighted by molar-refractivity contribution is 7.89. The van der Waals surface area contributed by atoms with Crippen molar-refractivity contribution in [3.8, 4) is 0 Å². The molecule has 0 unspecified atom stereocenters. The second-order valence-electron chi connectivity index (χ2n) is 3.85. The molecule has 0 atom stereocenters. The van der Waals surface area contributed by atoms with E-state index in [0.29, 0.717) is 5.56 Å². The number of halogens is 1. The molecule has 0 saturated carbocycles. The van der Waals surface area contributed by atoms with E-state index in [1.807, 2.05) is 0 Å². The first-order valence-electron chi connectivity index (χ1n) is 5.22. The highest BCUT2D eigenvalue weighted by atomic mass is 32.2. The zero-order valence-corrected chi connectivity index (χ0v) is 11.2. The third-order valence-electron chi connectivity index (χ3n) is 2.50. The Kier molecular flexibility index (Phi) is 4.42. The molecule has 1 aromatic rings. The van der Waals surface area contributed by atoms with Crippen molar-refractivity contribution in [1.82, 2.24) is 9.62 Å². The topological polar surface area (TPSA) is 66.5 Å². The van der Waals surface area contributed by atoms with Crippen LogP contribution in [0.5, 0.6) is 0 Å². The van der Waals surface area contributed by atoms with Crippen LogP contribution in [0.3, 0.4) is 0 Å². The Morgan fingerprint density at radius 3 is 2.56 bits per heavy atom. The van der Waals surface area contributed by atoms with Gasteiger partial charge in [0, 0.05) is 14.1 Å². The maximum atomic E-state index is 13.3. The second-order valence-corrected chi connectivity index (χ2v) is 5.89. The Bertz CT molecular complexity index is 557. The number of rotatable bonds is 4. The summed E-state index contributed by atoms with van der Waals surface area (Å²) in [5.74, 6) is -1.03. The van der Waals surface area contributed by atoms with Crippen molar-refractivity contribution >= 4 is 15.9 Å². The molecule has 0 aliphatic carbocycles. The summed E-state index contributed by atoms with van der Waals surface area (Å²) >= 11 is 0. The number of likely N-dealkylation sites (N-methyl/N-ethyl adjacent to an activating group) is 2. The maximum Gasteiger partial charge on any atom is 0.243 e. The van der Waals surface area contributed by atoms with Gasteiger partial charge in [0.05, 0.1) is 11.4 Å². The molecule has 100 valence electrons. The molecule has 1 N–H and O–H groups in total. The minimum Gasteiger partial charge on any atom is -0.358 e. The number of hydrogen-bond acceptors (Lipinski definition) is 3. The van der Waals surface area contributed by atoms with Crippen LogP contribution in [0.25, 0.3) is 0 Å². The number of carbonyl (C=O) groups excluding carboxylic acids is 1. The van der Waals surface area contributed by atoms with Crippen LogP contribution in [0.4, 0.5) is 4.39 Å². The molecular weight excluding hydrogens is 259 g/mol. The molecule has 0 heterocycles. The van der Waals surface area contributed by atoms with E-state index in [9.17, 15) is 17.6 Å². The normalized spacial score (nSPS) is 11.6. The Hall–Kier alpha value is -1.47. The van der Waals surface area contributed by atoms with Crippen molar-refractivity contribution in [2.24, 2.45) is 0 Å². The van der Waals surface area contributed by atoms with Crippen LogP contribution in [0.2, 0.25) is 0 Å². The lowest BCUT2D eigenvalue weighted by atomic mass is 10.2. The highest BCUT2D eigenvalue weighted by Gasteiger charge is 2.23. The van der Waals surface area contributed by atoms with Crippen molar-refractivity contribution in [3.05, 3.63) is 29.6 Å². The number of nitrogens with one attached hydrogen (secondary N) is 1. The van der Waals surface area contributed by atoms with Crippen molar-refractivity contribution in [2.45, 2.75) is 11.8 Å². The van der Waals surface area contributed by atoms with Gasteiger partial charge in [-0.15, -0.1) is 0 Å². The predicted molar refractivity (Wildman–Crippen MR) is 65.0 cm³/mol. The minimum absolute atomic E-state index is 0.169. The maximum absolute atomic E-state index is 13.3. The minimum atomic E-state index is -3.85. The van der Waals surface area contributed by atoms with E-state index in [4.69, 9.17) is 0 Å². The zero-order valence-electron chi connectivity index (χ0n) is 10.4. The molecule has 0 saturated heterocycles. The summed E-state index contributed by atoms with van der Waals surface area (Å²) in [6.45, 7) is 1.23. The molecule has 7 heteroatoms. The first kappa shape index (κ1) is 14.6. The molecule has 5 nitrogen and oxygen atoms in total. The molecule has 1 aromatic carbocycles. The quantitative estimate of drug-likeness (QED) is 0.869. The number of aryl methyl sites for hydroxylation is 1. The standard InChI is InChI=1S/C11H15FN2O3S/c1-8-4-5-9(6-10(8)12)18(16,17)14(3)7-11(15)13-2/h4-6H,7H2,1-3H3,(H,13,15). The fourth-order valence-electron chi connectivity index (χ4n) is 1.28. The molecule has 0 radical (unpaired) electrons. The Labute approximate surface area is 106 Å². The molecular formula is C11H15FN2O3S. The fraction of sp³-hybridized carbons (Fsp3) is 0.364. The summed E-state index contributed by atoms with van der Waals surface area (Å²) in [6.07, 6.45) is 0. The smallest absolute Gasteiger partial charge is 0.243 e. The third kappa shape index (κ3) is 3.05. The van der Waals surface area contributed by atoms with Gasteiger partial charge in [0.15, 0.2) is 0 Å². The predicted octanol–water partition coefficient (Wildman–Crippen LogP) is 0.501. The van der Waals surface area contributed by atoms with E-state index in [-0.39, 0.29) is 11.4 Å². The van der Waals surface area contributed by atoms with E-state index in [2.05, 4.69) is 5.32 Å². The molecule has 0 spiro atoms. The summed E-state index contributed by atoms with van der Waals surface area (Å²) in [7, 11) is -1.17. The van der Waals surface area contributed by atoms with Gasteiger partial charge < -0.3 is 5.32 Å². The van der Waals surface area contributed by atoms with Crippen molar-refractivity contribution in [2.75, 3.05) is 20.6 Å². The van der Waals surface area contributed by atoms with Crippen LogP contribution < -0.4 is 5.32 Å². The average Bonchev–Trinajstić information content (AvgIpc) is 2.32. The summed E-state index contributed by atoms with van der Waals surface area (Å²) in [6, 6.07) is 3.65. The van der Waals surface area contributed by atoms with E-state index in [1.165, 1.54) is 26.2 Å². The lowest BCUT2D eigenvalue weighted by Crippen LogP contribution is -2.36. The van der Waals surface area contributed by atoms with Gasteiger partial charge in [-0.25, -0.2) is 12.8 Å². The molecule has 18 heavy (non-hydrogen) atoms. The highest BCUT2D eigenvalue weighted by Crippen LogP contribution is 2.17. The van der Waals surface area contributed by atoms with E-state index in [0.717, 1.165) is 10.4 Å². The van der Waals surface area contributed by atoms with Gasteiger partial charge in [-0.2, -0.15) is 4.31 Å². The third-order valence-corrected chi connectivity index (χ3v) is 4.30. The van der Waals surface area contributed by atoms with Crippen LogP contribution in [0.1, 0.15) is 5.56 Å². The molecule has 0 aliphatic rings. The lowest BCUT2D eigenvalue weighted by Gasteiger charge is -2.16. The average molecular weight is 274 g/mol. The van der Waals surface area contributed by atoms with Crippen LogP contribution in [-0.4, -0.2) is 39.3 Å². The first-order valence-corrected chi connectivity index (χ1v) is 6.66.